The summed E-state index contributed by atoms with van der Waals surface area (Å²) in [6.45, 7) is 0. The molecule has 2 heterocycles. The molecule has 0 fully saturated rings. The Balaban J connectivity index is 2.13. The summed E-state index contributed by atoms with van der Waals surface area (Å²) in [6.07, 6.45) is 0. The topological polar surface area (TPSA) is 74.7 Å². The first-order valence-electron chi connectivity index (χ1n) is 5.47. The number of rotatable bonds is 2. The van der Waals surface area contributed by atoms with Gasteiger partial charge in [0.25, 0.3) is 0 Å². The van der Waals surface area contributed by atoms with E-state index in [2.05, 4.69) is 25.9 Å². The first-order valence-corrected chi connectivity index (χ1v) is 7.45. The van der Waals surface area contributed by atoms with Crippen LogP contribution in [0.25, 0.3) is 11.0 Å². The van der Waals surface area contributed by atoms with Crippen molar-refractivity contribution >= 4 is 49.9 Å². The van der Waals surface area contributed by atoms with Gasteiger partial charge in [-0.05, 0) is 29.8 Å². The maximum atomic E-state index is 11.3. The Kier molecular flexibility index (Phi) is 3.26. The van der Waals surface area contributed by atoms with Gasteiger partial charge in [-0.15, -0.1) is 11.3 Å². The summed E-state index contributed by atoms with van der Waals surface area (Å²) in [5, 5.41) is 0. The van der Waals surface area contributed by atoms with Crippen LogP contribution in [-0.4, -0.2) is 9.97 Å². The van der Waals surface area contributed by atoms with Crippen LogP contribution in [0.15, 0.2) is 33.5 Å². The lowest BCUT2D eigenvalue weighted by molar-refractivity contribution is 0.889. The molecule has 0 saturated carbocycles. The van der Waals surface area contributed by atoms with Crippen LogP contribution in [0.3, 0.4) is 0 Å². The van der Waals surface area contributed by atoms with Crippen molar-refractivity contribution in [2.45, 2.75) is 6.04 Å². The molecule has 0 aliphatic heterocycles. The van der Waals surface area contributed by atoms with Gasteiger partial charge in [0.1, 0.15) is 0 Å². The molecule has 19 heavy (non-hydrogen) atoms. The van der Waals surface area contributed by atoms with E-state index in [0.717, 1.165) is 25.9 Å². The number of aromatic amines is 2. The van der Waals surface area contributed by atoms with Crippen molar-refractivity contribution in [1.29, 1.82) is 0 Å². The van der Waals surface area contributed by atoms with Crippen LogP contribution in [0.4, 0.5) is 0 Å². The highest BCUT2D eigenvalue weighted by molar-refractivity contribution is 9.10. The third-order valence-electron chi connectivity index (χ3n) is 2.87. The molecule has 2 aromatic heterocycles. The molecule has 7 heteroatoms. The van der Waals surface area contributed by atoms with E-state index in [9.17, 15) is 4.79 Å². The van der Waals surface area contributed by atoms with E-state index in [1.807, 2.05) is 24.3 Å². The third kappa shape index (κ3) is 2.36. The normalized spacial score (nSPS) is 13.0. The molecule has 4 nitrogen and oxygen atoms in total. The van der Waals surface area contributed by atoms with Crippen molar-refractivity contribution in [3.05, 3.63) is 54.0 Å². The van der Waals surface area contributed by atoms with E-state index in [1.165, 1.54) is 11.3 Å². The van der Waals surface area contributed by atoms with Gasteiger partial charge in [0.15, 0.2) is 0 Å². The average Bonchev–Trinajstić information content (AvgIpc) is 2.92. The van der Waals surface area contributed by atoms with E-state index >= 15 is 0 Å². The molecule has 0 saturated heterocycles. The number of imidazole rings is 1. The maximum Gasteiger partial charge on any atom is 0.323 e. The predicted molar refractivity (Wildman–Crippen MR) is 82.0 cm³/mol. The van der Waals surface area contributed by atoms with Crippen molar-refractivity contribution in [2.24, 2.45) is 5.73 Å². The number of hydrogen-bond acceptors (Lipinski definition) is 3. The standard InChI is InChI=1S/C12H9BrClN3OS/c13-6-4-8-7(16-12(18)17-8)3-5(6)11(15)9-1-2-10(14)19-9/h1-4,11H,15H2,(H2,16,17,18). The summed E-state index contributed by atoms with van der Waals surface area (Å²) >= 11 is 10.9. The quantitative estimate of drug-likeness (QED) is 0.657. The van der Waals surface area contributed by atoms with Crippen LogP contribution in [0, 0.1) is 0 Å². The van der Waals surface area contributed by atoms with E-state index in [0.29, 0.717) is 4.34 Å². The minimum Gasteiger partial charge on any atom is -0.320 e. The number of fused-ring (bicyclic) bond motifs is 1. The number of aromatic nitrogens is 2. The van der Waals surface area contributed by atoms with Gasteiger partial charge in [0.05, 0.1) is 21.4 Å². The second-order valence-electron chi connectivity index (χ2n) is 4.12. The van der Waals surface area contributed by atoms with Crippen LogP contribution in [0.2, 0.25) is 4.34 Å². The van der Waals surface area contributed by atoms with E-state index in [-0.39, 0.29) is 11.7 Å². The Labute approximate surface area is 125 Å². The molecule has 4 N–H and O–H groups in total. The summed E-state index contributed by atoms with van der Waals surface area (Å²) in [7, 11) is 0. The van der Waals surface area contributed by atoms with Crippen molar-refractivity contribution in [3.63, 3.8) is 0 Å². The van der Waals surface area contributed by atoms with Gasteiger partial charge < -0.3 is 15.7 Å². The first-order chi connectivity index (χ1) is 9.04. The zero-order valence-electron chi connectivity index (χ0n) is 9.54. The summed E-state index contributed by atoms with van der Waals surface area (Å²) in [4.78, 5) is 17.7. The highest BCUT2D eigenvalue weighted by Gasteiger charge is 2.16. The van der Waals surface area contributed by atoms with Crippen molar-refractivity contribution < 1.29 is 0 Å². The molecule has 0 aliphatic rings. The highest BCUT2D eigenvalue weighted by atomic mass is 79.9. The fraction of sp³-hybridized carbons (Fsp3) is 0.0833. The number of nitrogens with two attached hydrogens (primary N) is 1. The number of thiophene rings is 1. The molecule has 3 aromatic rings. The number of benzene rings is 1. The van der Waals surface area contributed by atoms with Gasteiger partial charge in [-0.3, -0.25) is 0 Å². The van der Waals surface area contributed by atoms with Gasteiger partial charge in [0.2, 0.25) is 0 Å². The van der Waals surface area contributed by atoms with Gasteiger partial charge in [-0.1, -0.05) is 27.5 Å². The lowest BCUT2D eigenvalue weighted by Gasteiger charge is -2.12. The first kappa shape index (κ1) is 12.9. The number of nitrogens with one attached hydrogen (secondary N) is 2. The fourth-order valence-electron chi connectivity index (χ4n) is 1.96. The third-order valence-corrected chi connectivity index (χ3v) is 4.87. The largest absolute Gasteiger partial charge is 0.323 e. The summed E-state index contributed by atoms with van der Waals surface area (Å²) in [5.74, 6) is 0. The second-order valence-corrected chi connectivity index (χ2v) is 6.72. The van der Waals surface area contributed by atoms with Crippen LogP contribution < -0.4 is 11.4 Å². The molecule has 1 unspecified atom stereocenters. The Bertz CT molecular complexity index is 807. The van der Waals surface area contributed by atoms with Gasteiger partial charge in [-0.25, -0.2) is 4.79 Å². The Morgan fingerprint density at radius 2 is 1.95 bits per heavy atom. The molecular weight excluding hydrogens is 350 g/mol. The predicted octanol–water partition coefficient (Wildman–Crippen LogP) is 3.38. The second kappa shape index (κ2) is 4.79. The van der Waals surface area contributed by atoms with Crippen molar-refractivity contribution in [2.75, 3.05) is 0 Å². The minimum atomic E-state index is -0.283. The van der Waals surface area contributed by atoms with Crippen LogP contribution >= 0.6 is 38.9 Å². The zero-order valence-corrected chi connectivity index (χ0v) is 12.7. The maximum absolute atomic E-state index is 11.3. The number of H-pyrrole nitrogens is 2. The Morgan fingerprint density at radius 3 is 2.58 bits per heavy atom. The smallest absolute Gasteiger partial charge is 0.320 e. The van der Waals surface area contributed by atoms with Crippen LogP contribution in [0.1, 0.15) is 16.5 Å². The van der Waals surface area contributed by atoms with E-state index in [4.69, 9.17) is 17.3 Å². The minimum absolute atomic E-state index is 0.230. The Morgan fingerprint density at radius 1 is 1.26 bits per heavy atom. The molecule has 98 valence electrons. The average molecular weight is 359 g/mol. The van der Waals surface area contributed by atoms with Gasteiger partial charge in [-0.2, -0.15) is 0 Å². The number of halogens is 2. The molecule has 0 spiro atoms. The van der Waals surface area contributed by atoms with E-state index < -0.39 is 0 Å². The lowest BCUT2D eigenvalue weighted by Crippen LogP contribution is -2.10. The molecule has 3 rings (SSSR count). The summed E-state index contributed by atoms with van der Waals surface area (Å²) in [6, 6.07) is 7.17. The Hall–Kier alpha value is -1.08. The molecule has 1 aromatic carbocycles. The van der Waals surface area contributed by atoms with Gasteiger partial charge in [0, 0.05) is 9.35 Å². The monoisotopic (exact) mass is 357 g/mol. The van der Waals surface area contributed by atoms with Crippen LogP contribution in [-0.2, 0) is 0 Å². The summed E-state index contributed by atoms with van der Waals surface area (Å²) < 4.78 is 1.56. The highest BCUT2D eigenvalue weighted by Crippen LogP contribution is 2.34. The van der Waals surface area contributed by atoms with E-state index in [1.54, 1.807) is 0 Å². The van der Waals surface area contributed by atoms with Crippen molar-refractivity contribution in [3.8, 4) is 0 Å². The SMILES string of the molecule is NC(c1ccc(Cl)s1)c1cc2[nH]c(=O)[nH]c2cc1Br. The molecule has 1 atom stereocenters. The van der Waals surface area contributed by atoms with Crippen molar-refractivity contribution in [1.82, 2.24) is 9.97 Å². The lowest BCUT2D eigenvalue weighted by atomic mass is 10.1. The van der Waals surface area contributed by atoms with Gasteiger partial charge >= 0.3 is 5.69 Å². The number of hydrogen-bond donors (Lipinski definition) is 3. The molecule has 0 radical (unpaired) electrons. The zero-order chi connectivity index (χ0) is 13.6. The van der Waals surface area contributed by atoms with Crippen LogP contribution in [0.5, 0.6) is 0 Å². The molecular formula is C12H9BrClN3OS. The molecule has 0 bridgehead atoms. The molecule has 0 amide bonds. The summed E-state index contributed by atoms with van der Waals surface area (Å²) in [5.41, 5.74) is 8.41. The molecule has 0 aliphatic carbocycles. The fourth-order valence-corrected chi connectivity index (χ4v) is 3.63.